The standard InChI is InChI=1S/C15H15NO4S/c1-11-7-3-6-10-14(11)21(18,19)16-15(17)12-8-4-5-9-13(12)20-2/h3-10H,1-2H3,(H,16,17). The van der Waals surface area contributed by atoms with Crippen LogP contribution in [0.1, 0.15) is 15.9 Å². The Morgan fingerprint density at radius 1 is 1.05 bits per heavy atom. The van der Waals surface area contributed by atoms with Crippen molar-refractivity contribution in [1.29, 1.82) is 0 Å². The first-order chi connectivity index (χ1) is 9.95. The summed E-state index contributed by atoms with van der Waals surface area (Å²) >= 11 is 0. The van der Waals surface area contributed by atoms with Gasteiger partial charge in [0.15, 0.2) is 0 Å². The summed E-state index contributed by atoms with van der Waals surface area (Å²) in [5.74, 6) is -0.411. The minimum absolute atomic E-state index is 0.0771. The van der Waals surface area contributed by atoms with Crippen LogP contribution in [0.15, 0.2) is 53.4 Å². The van der Waals surface area contributed by atoms with Gasteiger partial charge in [-0.15, -0.1) is 0 Å². The summed E-state index contributed by atoms with van der Waals surface area (Å²) in [6.45, 7) is 1.67. The lowest BCUT2D eigenvalue weighted by molar-refractivity contribution is 0.0978. The van der Waals surface area contributed by atoms with Crippen molar-refractivity contribution in [3.05, 3.63) is 59.7 Å². The summed E-state index contributed by atoms with van der Waals surface area (Å²) < 4.78 is 31.6. The molecule has 0 aromatic heterocycles. The highest BCUT2D eigenvalue weighted by Gasteiger charge is 2.22. The number of hydrogen-bond donors (Lipinski definition) is 1. The number of benzene rings is 2. The molecule has 2 aromatic rings. The summed E-state index contributed by atoms with van der Waals surface area (Å²) in [6, 6.07) is 12.9. The van der Waals surface area contributed by atoms with Gasteiger partial charge in [0.05, 0.1) is 17.6 Å². The van der Waals surface area contributed by atoms with E-state index in [0.29, 0.717) is 11.3 Å². The molecule has 0 saturated carbocycles. The van der Waals surface area contributed by atoms with E-state index in [4.69, 9.17) is 4.74 Å². The molecule has 0 fully saturated rings. The van der Waals surface area contributed by atoms with E-state index >= 15 is 0 Å². The molecule has 0 unspecified atom stereocenters. The molecule has 0 spiro atoms. The highest BCUT2D eigenvalue weighted by atomic mass is 32.2. The number of aryl methyl sites for hydroxylation is 1. The van der Waals surface area contributed by atoms with Crippen molar-refractivity contribution in [2.45, 2.75) is 11.8 Å². The van der Waals surface area contributed by atoms with Crippen LogP contribution in [0.25, 0.3) is 0 Å². The molecule has 0 radical (unpaired) electrons. The van der Waals surface area contributed by atoms with E-state index < -0.39 is 15.9 Å². The number of methoxy groups -OCH3 is 1. The maximum Gasteiger partial charge on any atom is 0.268 e. The van der Waals surface area contributed by atoms with E-state index in [1.54, 1.807) is 43.3 Å². The third-order valence-corrected chi connectivity index (χ3v) is 4.45. The Labute approximate surface area is 123 Å². The van der Waals surface area contributed by atoms with Gasteiger partial charge in [0.25, 0.3) is 15.9 Å². The lowest BCUT2D eigenvalue weighted by atomic mass is 10.2. The van der Waals surface area contributed by atoms with Crippen LogP contribution >= 0.6 is 0 Å². The van der Waals surface area contributed by atoms with Crippen LogP contribution in [-0.4, -0.2) is 21.4 Å². The molecule has 2 rings (SSSR count). The Bertz CT molecular complexity index is 769. The molecule has 6 heteroatoms. The van der Waals surface area contributed by atoms with E-state index in [1.165, 1.54) is 19.2 Å². The second kappa shape index (κ2) is 5.97. The van der Waals surface area contributed by atoms with Gasteiger partial charge in [0, 0.05) is 0 Å². The van der Waals surface area contributed by atoms with Crippen LogP contribution in [0.4, 0.5) is 0 Å². The predicted octanol–water partition coefficient (Wildman–Crippen LogP) is 2.12. The number of amides is 1. The minimum Gasteiger partial charge on any atom is -0.496 e. The molecule has 0 bridgehead atoms. The third kappa shape index (κ3) is 3.22. The summed E-state index contributed by atoms with van der Waals surface area (Å²) in [6.07, 6.45) is 0. The zero-order valence-electron chi connectivity index (χ0n) is 11.7. The predicted molar refractivity (Wildman–Crippen MR) is 78.8 cm³/mol. The number of ether oxygens (including phenoxy) is 1. The zero-order chi connectivity index (χ0) is 15.5. The molecule has 5 nitrogen and oxygen atoms in total. The molecule has 0 atom stereocenters. The highest BCUT2D eigenvalue weighted by molar-refractivity contribution is 7.90. The van der Waals surface area contributed by atoms with Crippen molar-refractivity contribution in [1.82, 2.24) is 4.72 Å². The van der Waals surface area contributed by atoms with Crippen LogP contribution in [-0.2, 0) is 10.0 Å². The van der Waals surface area contributed by atoms with Gasteiger partial charge >= 0.3 is 0 Å². The minimum atomic E-state index is -3.92. The fourth-order valence-corrected chi connectivity index (χ4v) is 3.14. The summed E-state index contributed by atoms with van der Waals surface area (Å²) in [7, 11) is -2.50. The van der Waals surface area contributed by atoms with Crippen molar-refractivity contribution in [3.8, 4) is 5.75 Å². The Kier molecular flexibility index (Phi) is 4.28. The second-order valence-corrected chi connectivity index (χ2v) is 6.05. The van der Waals surface area contributed by atoms with Crippen LogP contribution in [0.5, 0.6) is 5.75 Å². The first kappa shape index (κ1) is 15.1. The van der Waals surface area contributed by atoms with E-state index in [2.05, 4.69) is 4.72 Å². The smallest absolute Gasteiger partial charge is 0.268 e. The van der Waals surface area contributed by atoms with Gasteiger partial charge in [0.1, 0.15) is 5.75 Å². The van der Waals surface area contributed by atoms with Crippen molar-refractivity contribution in [2.24, 2.45) is 0 Å². The molecule has 0 aliphatic rings. The molecule has 0 saturated heterocycles. The molecule has 0 aliphatic carbocycles. The monoisotopic (exact) mass is 305 g/mol. The number of para-hydroxylation sites is 1. The molecule has 2 aromatic carbocycles. The number of hydrogen-bond acceptors (Lipinski definition) is 4. The largest absolute Gasteiger partial charge is 0.496 e. The maximum absolute atomic E-state index is 12.3. The van der Waals surface area contributed by atoms with E-state index in [-0.39, 0.29) is 10.5 Å². The fraction of sp³-hybridized carbons (Fsp3) is 0.133. The van der Waals surface area contributed by atoms with E-state index in [1.807, 2.05) is 0 Å². The van der Waals surface area contributed by atoms with Crippen LogP contribution in [0.3, 0.4) is 0 Å². The molecule has 21 heavy (non-hydrogen) atoms. The molecular weight excluding hydrogens is 290 g/mol. The zero-order valence-corrected chi connectivity index (χ0v) is 12.5. The van der Waals surface area contributed by atoms with Crippen LogP contribution < -0.4 is 9.46 Å². The summed E-state index contributed by atoms with van der Waals surface area (Å²) in [5, 5.41) is 0. The lowest BCUT2D eigenvalue weighted by Crippen LogP contribution is -2.31. The molecular formula is C15H15NO4S. The number of carbonyl (C=O) groups excluding carboxylic acids is 1. The van der Waals surface area contributed by atoms with Gasteiger partial charge in [0.2, 0.25) is 0 Å². The number of carbonyl (C=O) groups is 1. The molecule has 1 N–H and O–H groups in total. The Hall–Kier alpha value is -2.34. The Balaban J connectivity index is 2.33. The first-order valence-electron chi connectivity index (χ1n) is 6.21. The van der Waals surface area contributed by atoms with Gasteiger partial charge in [-0.2, -0.15) is 0 Å². The van der Waals surface area contributed by atoms with E-state index in [0.717, 1.165) is 0 Å². The molecule has 0 heterocycles. The van der Waals surface area contributed by atoms with Gasteiger partial charge in [-0.3, -0.25) is 4.79 Å². The quantitative estimate of drug-likeness (QED) is 0.939. The van der Waals surface area contributed by atoms with Gasteiger partial charge in [-0.1, -0.05) is 30.3 Å². The van der Waals surface area contributed by atoms with E-state index in [9.17, 15) is 13.2 Å². The second-order valence-electron chi connectivity index (χ2n) is 4.40. The third-order valence-electron chi connectivity index (χ3n) is 2.96. The summed E-state index contributed by atoms with van der Waals surface area (Å²) in [5.41, 5.74) is 0.731. The summed E-state index contributed by atoms with van der Waals surface area (Å²) in [4.78, 5) is 12.2. The van der Waals surface area contributed by atoms with Crippen molar-refractivity contribution in [3.63, 3.8) is 0 Å². The van der Waals surface area contributed by atoms with Crippen molar-refractivity contribution >= 4 is 15.9 Å². The maximum atomic E-state index is 12.3. The van der Waals surface area contributed by atoms with Gasteiger partial charge < -0.3 is 4.74 Å². The molecule has 1 amide bonds. The average molecular weight is 305 g/mol. The Morgan fingerprint density at radius 2 is 1.67 bits per heavy atom. The number of sulfonamides is 1. The molecule has 0 aliphatic heterocycles. The topological polar surface area (TPSA) is 72.5 Å². The molecule has 110 valence electrons. The van der Waals surface area contributed by atoms with Gasteiger partial charge in [-0.25, -0.2) is 13.1 Å². The fourth-order valence-electron chi connectivity index (χ4n) is 1.92. The average Bonchev–Trinajstić information content (AvgIpc) is 2.47. The van der Waals surface area contributed by atoms with Crippen LogP contribution in [0, 0.1) is 6.92 Å². The number of nitrogens with one attached hydrogen (secondary N) is 1. The first-order valence-corrected chi connectivity index (χ1v) is 7.70. The number of rotatable bonds is 4. The normalized spacial score (nSPS) is 11.0. The Morgan fingerprint density at radius 3 is 2.33 bits per heavy atom. The highest BCUT2D eigenvalue weighted by Crippen LogP contribution is 2.19. The van der Waals surface area contributed by atoms with Gasteiger partial charge in [-0.05, 0) is 30.7 Å². The van der Waals surface area contributed by atoms with Crippen molar-refractivity contribution < 1.29 is 17.9 Å². The van der Waals surface area contributed by atoms with Crippen LogP contribution in [0.2, 0.25) is 0 Å². The SMILES string of the molecule is COc1ccccc1C(=O)NS(=O)(=O)c1ccccc1C. The lowest BCUT2D eigenvalue weighted by Gasteiger charge is -2.11. The van der Waals surface area contributed by atoms with Crippen molar-refractivity contribution in [2.75, 3.05) is 7.11 Å².